The highest BCUT2D eigenvalue weighted by atomic mass is 31.2. The van der Waals surface area contributed by atoms with Crippen molar-refractivity contribution in [3.8, 4) is 0 Å². The molecule has 0 heterocycles. The predicted molar refractivity (Wildman–Crippen MR) is 56.8 cm³/mol. The third kappa shape index (κ3) is 6.55. The molecule has 86 valence electrons. The molecule has 0 amide bonds. The van der Waals surface area contributed by atoms with E-state index < -0.39 is 7.60 Å². The van der Waals surface area contributed by atoms with E-state index in [0.717, 1.165) is 0 Å². The topological polar surface area (TPSA) is 44.8 Å². The Kier molecular flexibility index (Phi) is 8.49. The van der Waals surface area contributed by atoms with Crippen LogP contribution in [0.4, 0.5) is 0 Å². The highest BCUT2D eigenvalue weighted by molar-refractivity contribution is 7.53. The summed E-state index contributed by atoms with van der Waals surface area (Å²) in [6, 6.07) is 0. The van der Waals surface area contributed by atoms with Gasteiger partial charge in [-0.25, -0.2) is 0 Å². The van der Waals surface area contributed by atoms with Crippen LogP contribution < -0.4 is 0 Å². The Morgan fingerprint density at radius 3 is 2.00 bits per heavy atom. The molecule has 0 aliphatic rings. The summed E-state index contributed by atoms with van der Waals surface area (Å²) in [4.78, 5) is 0. The lowest BCUT2D eigenvalue weighted by molar-refractivity contribution is 0.145. The van der Waals surface area contributed by atoms with E-state index in [1.54, 1.807) is 0 Å². The minimum atomic E-state index is -2.84. The van der Waals surface area contributed by atoms with Crippen molar-refractivity contribution in [3.63, 3.8) is 0 Å². The van der Waals surface area contributed by atoms with Gasteiger partial charge in [-0.2, -0.15) is 0 Å². The fraction of sp³-hybridized carbons (Fsp3) is 1.00. The van der Waals surface area contributed by atoms with Gasteiger partial charge < -0.3 is 13.8 Å². The Labute approximate surface area is 86.5 Å². The maximum atomic E-state index is 11.9. The highest BCUT2D eigenvalue weighted by Gasteiger charge is 2.22. The molecular formula is C9H21O4P. The third-order valence-corrected chi connectivity index (χ3v) is 3.74. The number of ether oxygens (including phenoxy) is 1. The molecule has 0 saturated carbocycles. The third-order valence-electron chi connectivity index (χ3n) is 1.58. The molecule has 0 bridgehead atoms. The molecule has 5 heteroatoms. The van der Waals surface area contributed by atoms with Crippen molar-refractivity contribution < 1.29 is 18.3 Å². The second-order valence-corrected chi connectivity index (χ2v) is 4.91. The molecule has 4 nitrogen and oxygen atoms in total. The molecule has 14 heavy (non-hydrogen) atoms. The van der Waals surface area contributed by atoms with Gasteiger partial charge in [0.25, 0.3) is 0 Å². The molecule has 0 aliphatic heterocycles. The zero-order valence-corrected chi connectivity index (χ0v) is 10.2. The Morgan fingerprint density at radius 2 is 1.57 bits per heavy atom. The first kappa shape index (κ1) is 14.1. The molecule has 0 aromatic heterocycles. The fourth-order valence-electron chi connectivity index (χ4n) is 1.06. The van der Waals surface area contributed by atoms with Crippen LogP contribution in [0.2, 0.25) is 0 Å². The number of hydrogen-bond donors (Lipinski definition) is 0. The van der Waals surface area contributed by atoms with Crippen molar-refractivity contribution in [2.45, 2.75) is 27.2 Å². The molecule has 0 radical (unpaired) electrons. The van der Waals surface area contributed by atoms with Crippen LogP contribution in [-0.4, -0.2) is 32.6 Å². The highest BCUT2D eigenvalue weighted by Crippen LogP contribution is 2.48. The molecule has 0 aromatic carbocycles. The molecule has 0 atom stereocenters. The van der Waals surface area contributed by atoms with Crippen LogP contribution >= 0.6 is 7.60 Å². The summed E-state index contributed by atoms with van der Waals surface area (Å²) in [5.74, 6) is 0. The van der Waals surface area contributed by atoms with Gasteiger partial charge in [0.2, 0.25) is 0 Å². The van der Waals surface area contributed by atoms with Gasteiger partial charge in [-0.15, -0.1) is 0 Å². The summed E-state index contributed by atoms with van der Waals surface area (Å²) in [5.41, 5.74) is 0. The second-order valence-electron chi connectivity index (χ2n) is 2.72. The normalized spacial score (nSPS) is 11.9. The first-order valence-electron chi connectivity index (χ1n) is 5.14. The summed E-state index contributed by atoms with van der Waals surface area (Å²) >= 11 is 0. The zero-order valence-electron chi connectivity index (χ0n) is 9.32. The van der Waals surface area contributed by atoms with Gasteiger partial charge in [-0.1, -0.05) is 0 Å². The van der Waals surface area contributed by atoms with Gasteiger partial charge in [0, 0.05) is 13.2 Å². The van der Waals surface area contributed by atoms with Gasteiger partial charge >= 0.3 is 7.60 Å². The Morgan fingerprint density at radius 1 is 1.00 bits per heavy atom. The van der Waals surface area contributed by atoms with E-state index in [1.807, 2.05) is 20.8 Å². The Hall–Kier alpha value is 0.110. The average molecular weight is 224 g/mol. The van der Waals surface area contributed by atoms with E-state index >= 15 is 0 Å². The lowest BCUT2D eigenvalue weighted by atomic mass is 10.5. The van der Waals surface area contributed by atoms with Crippen molar-refractivity contribution in [2.75, 3.05) is 32.6 Å². The van der Waals surface area contributed by atoms with E-state index in [9.17, 15) is 4.57 Å². The van der Waals surface area contributed by atoms with Crippen LogP contribution in [0.15, 0.2) is 0 Å². The summed E-state index contributed by atoms with van der Waals surface area (Å²) in [5, 5.41) is 0. The van der Waals surface area contributed by atoms with Crippen LogP contribution in [0.3, 0.4) is 0 Å². The second kappa shape index (κ2) is 8.42. The van der Waals surface area contributed by atoms with Crippen molar-refractivity contribution in [1.29, 1.82) is 0 Å². The van der Waals surface area contributed by atoms with Crippen LogP contribution in [-0.2, 0) is 18.3 Å². The lowest BCUT2D eigenvalue weighted by Gasteiger charge is -2.16. The first-order chi connectivity index (χ1) is 6.68. The maximum Gasteiger partial charge on any atom is 0.330 e. The van der Waals surface area contributed by atoms with Crippen LogP contribution in [0, 0.1) is 0 Å². The molecule has 0 aromatic rings. The van der Waals surface area contributed by atoms with E-state index in [0.29, 0.717) is 39.0 Å². The molecule has 0 spiro atoms. The number of rotatable bonds is 9. The van der Waals surface area contributed by atoms with E-state index in [4.69, 9.17) is 13.8 Å². The van der Waals surface area contributed by atoms with Crippen molar-refractivity contribution in [2.24, 2.45) is 0 Å². The largest absolute Gasteiger partial charge is 0.382 e. The van der Waals surface area contributed by atoms with Gasteiger partial charge in [0.05, 0.1) is 19.4 Å². The van der Waals surface area contributed by atoms with Crippen molar-refractivity contribution in [1.82, 2.24) is 0 Å². The molecule has 0 aliphatic carbocycles. The first-order valence-corrected chi connectivity index (χ1v) is 6.87. The number of hydrogen-bond acceptors (Lipinski definition) is 4. The standard InChI is InChI=1S/C9H21O4P/c1-4-11-8-7-9-14(10,12-5-2)13-6-3/h4-9H2,1-3H3. The summed E-state index contributed by atoms with van der Waals surface area (Å²) in [7, 11) is -2.84. The summed E-state index contributed by atoms with van der Waals surface area (Å²) in [6.45, 7) is 7.71. The monoisotopic (exact) mass is 224 g/mol. The molecule has 0 unspecified atom stereocenters. The molecular weight excluding hydrogens is 203 g/mol. The lowest BCUT2D eigenvalue weighted by Crippen LogP contribution is -2.03. The smallest absolute Gasteiger partial charge is 0.330 e. The van der Waals surface area contributed by atoms with Crippen LogP contribution in [0.25, 0.3) is 0 Å². The Bertz CT molecular complexity index is 162. The van der Waals surface area contributed by atoms with Crippen molar-refractivity contribution in [3.05, 3.63) is 0 Å². The zero-order chi connectivity index (χ0) is 10.9. The van der Waals surface area contributed by atoms with Crippen LogP contribution in [0.1, 0.15) is 27.2 Å². The van der Waals surface area contributed by atoms with Gasteiger partial charge in [-0.3, -0.25) is 4.57 Å². The van der Waals surface area contributed by atoms with Gasteiger partial charge in [-0.05, 0) is 27.2 Å². The van der Waals surface area contributed by atoms with Crippen LogP contribution in [0.5, 0.6) is 0 Å². The summed E-state index contributed by atoms with van der Waals surface area (Å²) in [6.07, 6.45) is 1.15. The molecule has 0 saturated heterocycles. The minimum absolute atomic E-state index is 0.423. The maximum absolute atomic E-state index is 11.9. The minimum Gasteiger partial charge on any atom is -0.382 e. The molecule has 0 N–H and O–H groups in total. The van der Waals surface area contributed by atoms with E-state index in [1.165, 1.54) is 0 Å². The quantitative estimate of drug-likeness (QED) is 0.446. The molecule has 0 fully saturated rings. The Balaban J connectivity index is 3.78. The summed E-state index contributed by atoms with van der Waals surface area (Å²) < 4.78 is 27.3. The average Bonchev–Trinajstić information content (AvgIpc) is 2.13. The SMILES string of the molecule is CCOCCCP(=O)(OCC)OCC. The van der Waals surface area contributed by atoms with Gasteiger partial charge in [0.1, 0.15) is 0 Å². The van der Waals surface area contributed by atoms with Crippen molar-refractivity contribution >= 4 is 7.60 Å². The predicted octanol–water partition coefficient (Wildman–Crippen LogP) is 2.68. The van der Waals surface area contributed by atoms with E-state index in [2.05, 4.69) is 0 Å². The van der Waals surface area contributed by atoms with E-state index in [-0.39, 0.29) is 0 Å². The van der Waals surface area contributed by atoms with Gasteiger partial charge in [0.15, 0.2) is 0 Å². The fourth-order valence-corrected chi connectivity index (χ4v) is 2.70. The molecule has 0 rings (SSSR count).